The molecule has 10 heteroatoms. The molecule has 0 aromatic heterocycles. The first kappa shape index (κ1) is 26.4. The molecule has 0 radical (unpaired) electrons. The lowest BCUT2D eigenvalue weighted by molar-refractivity contribution is -0.192. The van der Waals surface area contributed by atoms with Gasteiger partial charge < -0.3 is 15.7 Å². The third kappa shape index (κ3) is 8.23. The van der Waals surface area contributed by atoms with Crippen molar-refractivity contribution >= 4 is 11.9 Å². The average molecular weight is 472 g/mol. The van der Waals surface area contributed by atoms with Gasteiger partial charge in [0.1, 0.15) is 6.04 Å². The first-order chi connectivity index (χ1) is 16.1. The summed E-state index contributed by atoms with van der Waals surface area (Å²) >= 11 is 0. The van der Waals surface area contributed by atoms with E-state index in [1.807, 2.05) is 36.4 Å². The van der Waals surface area contributed by atoms with Gasteiger partial charge in [-0.3, -0.25) is 4.79 Å². The normalized spacial score (nSPS) is 16.1. The summed E-state index contributed by atoms with van der Waals surface area (Å²) in [7, 11) is 0. The number of carboxylic acids is 1. The van der Waals surface area contributed by atoms with Gasteiger partial charge in [0.15, 0.2) is 0 Å². The monoisotopic (exact) mass is 472 g/mol. The van der Waals surface area contributed by atoms with Crippen LogP contribution in [0.3, 0.4) is 0 Å². The predicted octanol–water partition coefficient (Wildman–Crippen LogP) is 3.55. The van der Waals surface area contributed by atoms with Crippen LogP contribution in [0, 0.1) is 22.7 Å². The van der Waals surface area contributed by atoms with E-state index in [1.165, 1.54) is 0 Å². The third-order valence-corrected chi connectivity index (χ3v) is 5.08. The molecule has 0 bridgehead atoms. The number of rotatable bonds is 5. The summed E-state index contributed by atoms with van der Waals surface area (Å²) in [4.78, 5) is 21.2. The number of halogens is 3. The van der Waals surface area contributed by atoms with Crippen LogP contribution >= 0.6 is 0 Å². The van der Waals surface area contributed by atoms with E-state index in [2.05, 4.69) is 22.8 Å². The highest BCUT2D eigenvalue weighted by atomic mass is 19.4. The first-order valence-electron chi connectivity index (χ1n) is 10.5. The minimum absolute atomic E-state index is 0.0875. The van der Waals surface area contributed by atoms with Crippen LogP contribution in [0.5, 0.6) is 0 Å². The van der Waals surface area contributed by atoms with E-state index < -0.39 is 18.2 Å². The van der Waals surface area contributed by atoms with E-state index in [4.69, 9.17) is 15.2 Å². The number of alkyl halides is 3. The quantitative estimate of drug-likeness (QED) is 0.611. The number of piperidine rings is 1. The van der Waals surface area contributed by atoms with Crippen molar-refractivity contribution in [3.63, 3.8) is 0 Å². The van der Waals surface area contributed by atoms with Crippen LogP contribution in [-0.2, 0) is 16.0 Å². The maximum Gasteiger partial charge on any atom is 0.490 e. The van der Waals surface area contributed by atoms with E-state index >= 15 is 0 Å². The maximum absolute atomic E-state index is 12.3. The Hall–Kier alpha value is -3.89. The molecule has 0 aliphatic carbocycles. The van der Waals surface area contributed by atoms with Gasteiger partial charge in [0.05, 0.1) is 23.7 Å². The van der Waals surface area contributed by atoms with Crippen molar-refractivity contribution in [1.82, 2.24) is 10.6 Å². The van der Waals surface area contributed by atoms with Crippen LogP contribution in [0.25, 0.3) is 11.1 Å². The van der Waals surface area contributed by atoms with Crippen molar-refractivity contribution in [2.75, 3.05) is 6.54 Å². The van der Waals surface area contributed by atoms with Gasteiger partial charge >= 0.3 is 12.1 Å². The van der Waals surface area contributed by atoms with Crippen molar-refractivity contribution in [2.45, 2.75) is 43.9 Å². The number of carboxylic acid groups (broad SMARTS) is 1. The fourth-order valence-corrected chi connectivity index (χ4v) is 3.28. The van der Waals surface area contributed by atoms with Crippen molar-refractivity contribution in [1.29, 1.82) is 10.5 Å². The molecule has 0 unspecified atom stereocenters. The SMILES string of the molecule is N#Cc1ccc(-c2ccc(C[C@@H](C#N)NC(=O)[C@@H]3CCCCN3)cc2)cc1.O=C(O)C(F)(F)F. The van der Waals surface area contributed by atoms with Gasteiger partial charge in [0.2, 0.25) is 5.91 Å². The molecule has 1 amide bonds. The zero-order chi connectivity index (χ0) is 25.1. The maximum atomic E-state index is 12.3. The molecule has 34 heavy (non-hydrogen) atoms. The number of carbonyl (C=O) groups excluding carboxylic acids is 1. The Balaban J connectivity index is 0.000000509. The molecule has 1 heterocycles. The standard InChI is InChI=1S/C22H22N4O.C2HF3O2/c23-14-17-6-10-19(11-7-17)18-8-4-16(5-9-18)13-20(15-24)26-22(27)21-3-1-2-12-25-21;3-2(4,5)1(6)7/h4-11,20-21,25H,1-3,12-13H2,(H,26,27);(H,6,7)/t20-,21-;/m0./s1. The fraction of sp³-hybridized carbons (Fsp3) is 0.333. The molecule has 2 atom stereocenters. The Morgan fingerprint density at radius 1 is 1.06 bits per heavy atom. The van der Waals surface area contributed by atoms with E-state index in [-0.39, 0.29) is 11.9 Å². The fourth-order valence-electron chi connectivity index (χ4n) is 3.28. The summed E-state index contributed by atoms with van der Waals surface area (Å²) in [5.41, 5.74) is 3.72. The molecule has 2 aromatic carbocycles. The summed E-state index contributed by atoms with van der Waals surface area (Å²) in [6.45, 7) is 0.853. The highest BCUT2D eigenvalue weighted by Crippen LogP contribution is 2.21. The first-order valence-corrected chi connectivity index (χ1v) is 10.5. The van der Waals surface area contributed by atoms with E-state index in [9.17, 15) is 23.2 Å². The molecule has 1 saturated heterocycles. The highest BCUT2D eigenvalue weighted by molar-refractivity contribution is 5.82. The second-order valence-corrected chi connectivity index (χ2v) is 7.59. The lowest BCUT2D eigenvalue weighted by Gasteiger charge is -2.23. The predicted molar refractivity (Wildman–Crippen MR) is 117 cm³/mol. The molecule has 1 fully saturated rings. The number of amides is 1. The summed E-state index contributed by atoms with van der Waals surface area (Å²) in [6.07, 6.45) is -1.65. The Morgan fingerprint density at radius 3 is 2.06 bits per heavy atom. The van der Waals surface area contributed by atoms with Gasteiger partial charge in [0, 0.05) is 6.42 Å². The molecule has 178 valence electrons. The highest BCUT2D eigenvalue weighted by Gasteiger charge is 2.38. The minimum Gasteiger partial charge on any atom is -0.475 e. The van der Waals surface area contributed by atoms with E-state index in [1.54, 1.807) is 12.1 Å². The Bertz CT molecular complexity index is 1050. The van der Waals surface area contributed by atoms with Gasteiger partial charge in [-0.1, -0.05) is 42.8 Å². The van der Waals surface area contributed by atoms with Crippen molar-refractivity contribution in [2.24, 2.45) is 0 Å². The number of carbonyl (C=O) groups is 2. The number of benzene rings is 2. The summed E-state index contributed by atoms with van der Waals surface area (Å²) in [5, 5.41) is 31.5. The van der Waals surface area contributed by atoms with Gasteiger partial charge in [-0.15, -0.1) is 0 Å². The number of hydrogen-bond acceptors (Lipinski definition) is 5. The molecule has 0 spiro atoms. The van der Waals surface area contributed by atoms with E-state index in [0.29, 0.717) is 12.0 Å². The smallest absolute Gasteiger partial charge is 0.475 e. The molecular weight excluding hydrogens is 449 g/mol. The Kier molecular flexibility index (Phi) is 9.60. The molecule has 1 aliphatic heterocycles. The van der Waals surface area contributed by atoms with Crippen LogP contribution in [-0.4, -0.2) is 41.8 Å². The van der Waals surface area contributed by atoms with Crippen molar-refractivity contribution < 1.29 is 27.9 Å². The molecule has 3 rings (SSSR count). The number of hydrogen-bond donors (Lipinski definition) is 3. The summed E-state index contributed by atoms with van der Waals surface area (Å²) in [5.74, 6) is -2.84. The lowest BCUT2D eigenvalue weighted by Crippen LogP contribution is -2.49. The molecular formula is C24H23F3N4O3. The molecule has 2 aromatic rings. The third-order valence-electron chi connectivity index (χ3n) is 5.08. The van der Waals surface area contributed by atoms with Gasteiger partial charge in [-0.05, 0) is 48.2 Å². The number of aliphatic carboxylic acids is 1. The van der Waals surface area contributed by atoms with Crippen LogP contribution in [0.15, 0.2) is 48.5 Å². The Labute approximate surface area is 194 Å². The van der Waals surface area contributed by atoms with Crippen LogP contribution < -0.4 is 10.6 Å². The molecule has 1 aliphatic rings. The van der Waals surface area contributed by atoms with Gasteiger partial charge in [0.25, 0.3) is 0 Å². The second kappa shape index (κ2) is 12.4. The van der Waals surface area contributed by atoms with Crippen molar-refractivity contribution in [3.8, 4) is 23.3 Å². The van der Waals surface area contributed by atoms with Crippen LogP contribution in [0.1, 0.15) is 30.4 Å². The number of nitriles is 2. The molecule has 0 saturated carbocycles. The number of nitrogens with zero attached hydrogens (tertiary/aromatic N) is 2. The summed E-state index contributed by atoms with van der Waals surface area (Å²) < 4.78 is 31.7. The van der Waals surface area contributed by atoms with Crippen molar-refractivity contribution in [3.05, 3.63) is 59.7 Å². The second-order valence-electron chi connectivity index (χ2n) is 7.59. The summed E-state index contributed by atoms with van der Waals surface area (Å²) in [6, 6.07) is 18.9. The lowest BCUT2D eigenvalue weighted by atomic mass is 9.99. The Morgan fingerprint density at radius 2 is 1.62 bits per heavy atom. The zero-order valence-electron chi connectivity index (χ0n) is 18.1. The minimum atomic E-state index is -5.08. The molecule has 7 nitrogen and oxygen atoms in total. The van der Waals surface area contributed by atoms with Gasteiger partial charge in [-0.2, -0.15) is 23.7 Å². The zero-order valence-corrected chi connectivity index (χ0v) is 18.1. The molecule has 3 N–H and O–H groups in total. The average Bonchev–Trinajstić information content (AvgIpc) is 2.84. The number of nitrogens with one attached hydrogen (secondary N) is 2. The van der Waals surface area contributed by atoms with Gasteiger partial charge in [-0.25, -0.2) is 4.79 Å². The topological polar surface area (TPSA) is 126 Å². The largest absolute Gasteiger partial charge is 0.490 e. The van der Waals surface area contributed by atoms with Crippen LogP contribution in [0.4, 0.5) is 13.2 Å². The van der Waals surface area contributed by atoms with E-state index in [0.717, 1.165) is 42.5 Å². The van der Waals surface area contributed by atoms with Crippen LogP contribution in [0.2, 0.25) is 0 Å².